The van der Waals surface area contributed by atoms with Crippen molar-refractivity contribution < 1.29 is 18.0 Å². The third kappa shape index (κ3) is 4.26. The van der Waals surface area contributed by atoms with E-state index >= 15 is 0 Å². The molecule has 2 aromatic rings. The van der Waals surface area contributed by atoms with Gasteiger partial charge in [-0.05, 0) is 43.7 Å². The maximum Gasteiger partial charge on any atom is 0.416 e. The van der Waals surface area contributed by atoms with Crippen molar-refractivity contribution in [3.05, 3.63) is 59.0 Å². The van der Waals surface area contributed by atoms with Crippen LogP contribution in [0.4, 0.5) is 13.2 Å². The van der Waals surface area contributed by atoms with Gasteiger partial charge in [-0.1, -0.05) is 24.3 Å². The van der Waals surface area contributed by atoms with Gasteiger partial charge in [0, 0.05) is 18.0 Å². The molecule has 1 amide bonds. The predicted octanol–water partition coefficient (Wildman–Crippen LogP) is 5.47. The minimum absolute atomic E-state index is 0.135. The predicted molar refractivity (Wildman–Crippen MR) is 91.1 cm³/mol. The average Bonchev–Trinajstić information content (AvgIpc) is 3.01. The van der Waals surface area contributed by atoms with E-state index in [-0.39, 0.29) is 5.91 Å². The van der Waals surface area contributed by atoms with Crippen LogP contribution in [-0.4, -0.2) is 23.9 Å². The Morgan fingerprint density at radius 3 is 2.54 bits per heavy atom. The Labute approximate surface area is 143 Å². The Kier molecular flexibility index (Phi) is 5.49. The highest BCUT2D eigenvalue weighted by molar-refractivity contribution is 7.17. The van der Waals surface area contributed by atoms with Crippen LogP contribution in [0.25, 0.3) is 10.4 Å². The zero-order valence-corrected chi connectivity index (χ0v) is 14.3. The molecule has 0 saturated heterocycles. The van der Waals surface area contributed by atoms with Gasteiger partial charge in [-0.2, -0.15) is 13.2 Å². The normalized spacial score (nSPS) is 11.4. The number of thiophene rings is 1. The zero-order valence-electron chi connectivity index (χ0n) is 13.5. The van der Waals surface area contributed by atoms with E-state index in [1.165, 1.54) is 17.4 Å². The molecule has 2 nitrogen and oxygen atoms in total. The number of alkyl halides is 3. The molecule has 128 valence electrons. The molecule has 0 saturated carbocycles. The second kappa shape index (κ2) is 7.21. The summed E-state index contributed by atoms with van der Waals surface area (Å²) in [5.41, 5.74) is 0.635. The SMILES string of the molecule is C=C(C)CN(CC)C(=O)c1ccc(-c2cccc(C(F)(F)F)c2)s1. The fourth-order valence-corrected chi connectivity index (χ4v) is 3.24. The molecule has 0 fully saturated rings. The average molecular weight is 353 g/mol. The minimum atomic E-state index is -4.38. The summed E-state index contributed by atoms with van der Waals surface area (Å²) in [6.45, 7) is 8.54. The van der Waals surface area contributed by atoms with Crippen LogP contribution < -0.4 is 0 Å². The van der Waals surface area contributed by atoms with Gasteiger partial charge in [0.25, 0.3) is 5.91 Å². The van der Waals surface area contributed by atoms with Crippen molar-refractivity contribution in [2.75, 3.05) is 13.1 Å². The number of likely N-dealkylation sites (N-methyl/N-ethyl adjacent to an activating group) is 1. The summed E-state index contributed by atoms with van der Waals surface area (Å²) >= 11 is 1.20. The van der Waals surface area contributed by atoms with Gasteiger partial charge in [-0.3, -0.25) is 4.79 Å². The molecule has 0 spiro atoms. The highest BCUT2D eigenvalue weighted by atomic mass is 32.1. The van der Waals surface area contributed by atoms with Gasteiger partial charge in [0.05, 0.1) is 10.4 Å². The maximum absolute atomic E-state index is 12.8. The summed E-state index contributed by atoms with van der Waals surface area (Å²) in [6.07, 6.45) is -4.38. The molecule has 0 bridgehead atoms. The van der Waals surface area contributed by atoms with Gasteiger partial charge in [0.1, 0.15) is 0 Å². The largest absolute Gasteiger partial charge is 0.416 e. The van der Waals surface area contributed by atoms with Crippen LogP contribution in [0, 0.1) is 0 Å². The molecule has 0 aliphatic heterocycles. The summed E-state index contributed by atoms with van der Waals surface area (Å²) in [5, 5.41) is 0. The van der Waals surface area contributed by atoms with Gasteiger partial charge < -0.3 is 4.90 Å². The number of carbonyl (C=O) groups excluding carboxylic acids is 1. The number of nitrogens with zero attached hydrogens (tertiary/aromatic N) is 1. The molecule has 1 aromatic heterocycles. The first-order valence-corrected chi connectivity index (χ1v) is 8.25. The van der Waals surface area contributed by atoms with Crippen molar-refractivity contribution >= 4 is 17.2 Å². The van der Waals surface area contributed by atoms with Crippen LogP contribution in [0.3, 0.4) is 0 Å². The van der Waals surface area contributed by atoms with E-state index in [0.717, 1.165) is 17.7 Å². The first-order valence-electron chi connectivity index (χ1n) is 7.43. The number of benzene rings is 1. The lowest BCUT2D eigenvalue weighted by atomic mass is 10.1. The summed E-state index contributed by atoms with van der Waals surface area (Å²) in [4.78, 5) is 15.3. The van der Waals surface area contributed by atoms with Crippen LogP contribution in [0.1, 0.15) is 29.1 Å². The van der Waals surface area contributed by atoms with Gasteiger partial charge in [-0.15, -0.1) is 11.3 Å². The maximum atomic E-state index is 12.8. The van der Waals surface area contributed by atoms with E-state index in [2.05, 4.69) is 6.58 Å². The number of amides is 1. The minimum Gasteiger partial charge on any atom is -0.334 e. The van der Waals surface area contributed by atoms with Crippen LogP contribution >= 0.6 is 11.3 Å². The quantitative estimate of drug-likeness (QED) is 0.653. The first kappa shape index (κ1) is 18.3. The van der Waals surface area contributed by atoms with Crippen molar-refractivity contribution in [1.82, 2.24) is 4.90 Å². The molecule has 1 heterocycles. The Bertz CT molecular complexity index is 749. The third-order valence-corrected chi connectivity index (χ3v) is 4.54. The standard InChI is InChI=1S/C18H18F3NOS/c1-4-22(11-12(2)3)17(23)16-9-8-15(24-16)13-6-5-7-14(10-13)18(19,20)21/h5-10H,2,4,11H2,1,3H3. The van der Waals surface area contributed by atoms with Gasteiger partial charge in [0.15, 0.2) is 0 Å². The van der Waals surface area contributed by atoms with Crippen molar-refractivity contribution in [3.63, 3.8) is 0 Å². The smallest absolute Gasteiger partial charge is 0.334 e. The lowest BCUT2D eigenvalue weighted by Crippen LogP contribution is -2.31. The first-order chi connectivity index (χ1) is 11.2. The molecular weight excluding hydrogens is 335 g/mol. The molecule has 0 aliphatic carbocycles. The second-order valence-corrected chi connectivity index (χ2v) is 6.60. The van der Waals surface area contributed by atoms with Crippen LogP contribution in [0.2, 0.25) is 0 Å². The van der Waals surface area contributed by atoms with Crippen molar-refractivity contribution in [2.45, 2.75) is 20.0 Å². The number of hydrogen-bond acceptors (Lipinski definition) is 2. The Hall–Kier alpha value is -2.08. The molecule has 0 N–H and O–H groups in total. The lowest BCUT2D eigenvalue weighted by Gasteiger charge is -2.20. The van der Waals surface area contributed by atoms with Gasteiger partial charge >= 0.3 is 6.18 Å². The number of carbonyl (C=O) groups is 1. The Balaban J connectivity index is 2.28. The van der Waals surface area contributed by atoms with Crippen LogP contribution in [0.15, 0.2) is 48.6 Å². The van der Waals surface area contributed by atoms with Crippen LogP contribution in [0.5, 0.6) is 0 Å². The van der Waals surface area contributed by atoms with E-state index in [0.29, 0.717) is 28.4 Å². The molecule has 2 rings (SSSR count). The molecule has 1 aromatic carbocycles. The van der Waals surface area contributed by atoms with E-state index < -0.39 is 11.7 Å². The van der Waals surface area contributed by atoms with Crippen molar-refractivity contribution in [1.29, 1.82) is 0 Å². The topological polar surface area (TPSA) is 20.3 Å². The molecule has 0 atom stereocenters. The monoisotopic (exact) mass is 353 g/mol. The summed E-state index contributed by atoms with van der Waals surface area (Å²) < 4.78 is 38.5. The van der Waals surface area contributed by atoms with E-state index in [1.54, 1.807) is 23.1 Å². The molecule has 0 unspecified atom stereocenters. The number of rotatable bonds is 5. The van der Waals surface area contributed by atoms with Crippen molar-refractivity contribution in [3.8, 4) is 10.4 Å². The summed E-state index contributed by atoms with van der Waals surface area (Å²) in [5.74, 6) is -0.135. The highest BCUT2D eigenvalue weighted by Gasteiger charge is 2.30. The third-order valence-electron chi connectivity index (χ3n) is 3.42. The van der Waals surface area contributed by atoms with E-state index in [1.807, 2.05) is 13.8 Å². The Morgan fingerprint density at radius 1 is 1.25 bits per heavy atom. The highest BCUT2D eigenvalue weighted by Crippen LogP contribution is 2.34. The second-order valence-electron chi connectivity index (χ2n) is 5.52. The van der Waals surface area contributed by atoms with Crippen molar-refractivity contribution in [2.24, 2.45) is 0 Å². The Morgan fingerprint density at radius 2 is 1.96 bits per heavy atom. The fourth-order valence-electron chi connectivity index (χ4n) is 2.27. The van der Waals surface area contributed by atoms with Crippen LogP contribution in [-0.2, 0) is 6.18 Å². The van der Waals surface area contributed by atoms with Gasteiger partial charge in [-0.25, -0.2) is 0 Å². The number of hydrogen-bond donors (Lipinski definition) is 0. The molecule has 24 heavy (non-hydrogen) atoms. The molecular formula is C18H18F3NOS. The zero-order chi connectivity index (χ0) is 17.9. The molecule has 6 heteroatoms. The summed E-state index contributed by atoms with van der Waals surface area (Å²) in [7, 11) is 0. The lowest BCUT2D eigenvalue weighted by molar-refractivity contribution is -0.137. The molecule has 0 aliphatic rings. The summed E-state index contributed by atoms with van der Waals surface area (Å²) in [6, 6.07) is 8.46. The van der Waals surface area contributed by atoms with Gasteiger partial charge in [0.2, 0.25) is 0 Å². The fraction of sp³-hybridized carbons (Fsp3) is 0.278. The van der Waals surface area contributed by atoms with E-state index in [4.69, 9.17) is 0 Å². The number of halogens is 3. The molecule has 0 radical (unpaired) electrons. The van der Waals surface area contributed by atoms with E-state index in [9.17, 15) is 18.0 Å².